The highest BCUT2D eigenvalue weighted by atomic mass is 32.2. The summed E-state index contributed by atoms with van der Waals surface area (Å²) >= 11 is 0. The number of piperidine rings is 1. The van der Waals surface area contributed by atoms with Gasteiger partial charge in [-0.2, -0.15) is 4.31 Å². The summed E-state index contributed by atoms with van der Waals surface area (Å²) in [6.07, 6.45) is 4.80. The number of methoxy groups -OCH3 is 1. The smallest absolute Gasteiger partial charge is 0.246 e. The van der Waals surface area contributed by atoms with Crippen molar-refractivity contribution in [3.05, 3.63) is 18.2 Å². The van der Waals surface area contributed by atoms with Crippen LogP contribution in [0.25, 0.3) is 0 Å². The van der Waals surface area contributed by atoms with Crippen LogP contribution in [0.1, 0.15) is 32.1 Å². The molecule has 8 heteroatoms. The summed E-state index contributed by atoms with van der Waals surface area (Å²) in [7, 11) is -2.11. The third-order valence-electron chi connectivity index (χ3n) is 6.22. The Hall–Kier alpha value is -1.64. The van der Waals surface area contributed by atoms with E-state index in [1.165, 1.54) is 17.5 Å². The molecule has 1 aromatic rings. The van der Waals surface area contributed by atoms with Crippen LogP contribution in [0.3, 0.4) is 0 Å². The number of amides is 1. The minimum Gasteiger partial charge on any atom is -0.495 e. The van der Waals surface area contributed by atoms with Gasteiger partial charge < -0.3 is 15.4 Å². The van der Waals surface area contributed by atoms with Gasteiger partial charge in [-0.1, -0.05) is 0 Å². The van der Waals surface area contributed by atoms with Crippen LogP contribution in [0.5, 0.6) is 5.75 Å². The number of rotatable bonds is 5. The Bertz CT molecular complexity index is 827. The molecule has 7 nitrogen and oxygen atoms in total. The summed E-state index contributed by atoms with van der Waals surface area (Å²) in [5.74, 6) is 0.347. The highest BCUT2D eigenvalue weighted by Crippen LogP contribution is 2.58. The molecule has 27 heavy (non-hydrogen) atoms. The van der Waals surface area contributed by atoms with Gasteiger partial charge in [0.15, 0.2) is 0 Å². The SMILES string of the molecule is COc1cc(NC(=O)C2CC23CCNCC3)ccc1S(=O)(=O)N1CCCC1. The Balaban J connectivity index is 1.49. The van der Waals surface area contributed by atoms with E-state index in [1.807, 2.05) is 0 Å². The normalized spacial score (nSPS) is 24.7. The van der Waals surface area contributed by atoms with Gasteiger partial charge in [-0.15, -0.1) is 0 Å². The second kappa shape index (κ2) is 7.07. The van der Waals surface area contributed by atoms with E-state index in [1.54, 1.807) is 12.1 Å². The van der Waals surface area contributed by atoms with Crippen LogP contribution >= 0.6 is 0 Å². The first-order chi connectivity index (χ1) is 13.0. The lowest BCUT2D eigenvalue weighted by molar-refractivity contribution is -0.118. The molecule has 4 rings (SSSR count). The van der Waals surface area contributed by atoms with Crippen LogP contribution in [0.15, 0.2) is 23.1 Å². The molecule has 1 unspecified atom stereocenters. The number of carbonyl (C=O) groups excluding carboxylic acids is 1. The maximum absolute atomic E-state index is 12.8. The molecule has 0 bridgehead atoms. The molecule has 3 fully saturated rings. The molecule has 0 radical (unpaired) electrons. The van der Waals surface area contributed by atoms with Gasteiger partial charge in [-0.25, -0.2) is 8.42 Å². The molecule has 2 N–H and O–H groups in total. The van der Waals surface area contributed by atoms with Crippen LogP contribution < -0.4 is 15.4 Å². The van der Waals surface area contributed by atoms with Crippen LogP contribution in [-0.4, -0.2) is 51.9 Å². The summed E-state index contributed by atoms with van der Waals surface area (Å²) in [5, 5.41) is 6.29. The van der Waals surface area contributed by atoms with E-state index in [2.05, 4.69) is 10.6 Å². The largest absolute Gasteiger partial charge is 0.495 e. The Morgan fingerprint density at radius 1 is 1.26 bits per heavy atom. The molecule has 1 saturated carbocycles. The van der Waals surface area contributed by atoms with Gasteiger partial charge in [0.05, 0.1) is 7.11 Å². The quantitative estimate of drug-likeness (QED) is 0.797. The van der Waals surface area contributed by atoms with E-state index in [0.29, 0.717) is 18.8 Å². The molecule has 1 amide bonds. The molecule has 1 aromatic carbocycles. The molecule has 1 aliphatic carbocycles. The fourth-order valence-electron chi connectivity index (χ4n) is 4.45. The first-order valence-corrected chi connectivity index (χ1v) is 11.1. The number of benzene rings is 1. The van der Waals surface area contributed by atoms with Crippen molar-refractivity contribution >= 4 is 21.6 Å². The van der Waals surface area contributed by atoms with Gasteiger partial charge in [-0.05, 0) is 62.7 Å². The van der Waals surface area contributed by atoms with E-state index in [9.17, 15) is 13.2 Å². The van der Waals surface area contributed by atoms with Crippen LogP contribution in [-0.2, 0) is 14.8 Å². The third kappa shape index (κ3) is 3.46. The first kappa shape index (κ1) is 18.7. The van der Waals surface area contributed by atoms with Crippen molar-refractivity contribution in [3.8, 4) is 5.75 Å². The van der Waals surface area contributed by atoms with Crippen molar-refractivity contribution in [2.24, 2.45) is 11.3 Å². The monoisotopic (exact) mass is 393 g/mol. The maximum Gasteiger partial charge on any atom is 0.246 e. The topological polar surface area (TPSA) is 87.7 Å². The van der Waals surface area contributed by atoms with Crippen molar-refractivity contribution in [1.82, 2.24) is 9.62 Å². The van der Waals surface area contributed by atoms with Gasteiger partial charge in [0.2, 0.25) is 15.9 Å². The van der Waals surface area contributed by atoms with E-state index >= 15 is 0 Å². The fraction of sp³-hybridized carbons (Fsp3) is 0.632. The molecule has 2 saturated heterocycles. The predicted molar refractivity (Wildman–Crippen MR) is 102 cm³/mol. The zero-order valence-electron chi connectivity index (χ0n) is 15.7. The number of sulfonamides is 1. The summed E-state index contributed by atoms with van der Waals surface area (Å²) in [5.41, 5.74) is 0.742. The summed E-state index contributed by atoms with van der Waals surface area (Å²) in [6.45, 7) is 3.03. The van der Waals surface area contributed by atoms with Crippen LogP contribution in [0.4, 0.5) is 5.69 Å². The van der Waals surface area contributed by atoms with Crippen molar-refractivity contribution < 1.29 is 17.9 Å². The van der Waals surface area contributed by atoms with Crippen molar-refractivity contribution in [3.63, 3.8) is 0 Å². The van der Waals surface area contributed by atoms with Crippen LogP contribution in [0.2, 0.25) is 0 Å². The number of ether oxygens (including phenoxy) is 1. The van der Waals surface area contributed by atoms with E-state index in [4.69, 9.17) is 4.74 Å². The molecule has 1 atom stereocenters. The summed E-state index contributed by atoms with van der Waals surface area (Å²) in [4.78, 5) is 12.8. The zero-order valence-corrected chi connectivity index (χ0v) is 16.5. The average Bonchev–Trinajstić information content (AvgIpc) is 3.09. The number of anilines is 1. The Morgan fingerprint density at radius 2 is 1.96 bits per heavy atom. The minimum atomic E-state index is -3.56. The second-order valence-electron chi connectivity index (χ2n) is 7.84. The predicted octanol–water partition coefficient (Wildman–Crippen LogP) is 1.81. The number of nitrogens with one attached hydrogen (secondary N) is 2. The lowest BCUT2D eigenvalue weighted by Gasteiger charge is -2.23. The summed E-state index contributed by atoms with van der Waals surface area (Å²) < 4.78 is 32.5. The van der Waals surface area contributed by atoms with Crippen molar-refractivity contribution in [1.29, 1.82) is 0 Å². The molecule has 0 aromatic heterocycles. The van der Waals surface area contributed by atoms with Gasteiger partial charge in [0.1, 0.15) is 10.6 Å². The zero-order chi connectivity index (χ0) is 19.1. The Morgan fingerprint density at radius 3 is 2.63 bits per heavy atom. The molecule has 2 aliphatic heterocycles. The minimum absolute atomic E-state index is 0.0223. The molecule has 2 heterocycles. The molecular formula is C19H27N3O4S. The highest BCUT2D eigenvalue weighted by Gasteiger charge is 2.57. The molecule has 1 spiro atoms. The van der Waals surface area contributed by atoms with Crippen molar-refractivity contribution in [2.45, 2.75) is 37.0 Å². The maximum atomic E-state index is 12.8. The van der Waals surface area contributed by atoms with Gasteiger partial charge >= 0.3 is 0 Å². The standard InChI is InChI=1S/C19H27N3O4S/c1-26-16-12-14(4-5-17(16)27(24,25)22-10-2-3-11-22)21-18(23)15-13-19(15)6-8-20-9-7-19/h4-5,12,15,20H,2-3,6-11,13H2,1H3,(H,21,23). The van der Waals surface area contributed by atoms with Crippen LogP contribution in [0, 0.1) is 11.3 Å². The van der Waals surface area contributed by atoms with E-state index in [0.717, 1.165) is 45.2 Å². The lowest BCUT2D eigenvalue weighted by Crippen LogP contribution is -2.31. The van der Waals surface area contributed by atoms with E-state index in [-0.39, 0.29) is 27.9 Å². The fourth-order valence-corrected chi connectivity index (χ4v) is 6.10. The van der Waals surface area contributed by atoms with Gasteiger partial charge in [-0.3, -0.25) is 4.79 Å². The highest BCUT2D eigenvalue weighted by molar-refractivity contribution is 7.89. The Labute approximate surface area is 160 Å². The number of hydrogen-bond donors (Lipinski definition) is 2. The lowest BCUT2D eigenvalue weighted by atomic mass is 9.92. The van der Waals surface area contributed by atoms with Gasteiger partial charge in [0.25, 0.3) is 0 Å². The summed E-state index contributed by atoms with van der Waals surface area (Å²) in [6, 6.07) is 4.80. The second-order valence-corrected chi connectivity index (χ2v) is 9.74. The molecule has 3 aliphatic rings. The third-order valence-corrected chi connectivity index (χ3v) is 8.16. The Kier molecular flexibility index (Phi) is 4.90. The first-order valence-electron chi connectivity index (χ1n) is 9.66. The number of carbonyl (C=O) groups is 1. The van der Waals surface area contributed by atoms with Crippen molar-refractivity contribution in [2.75, 3.05) is 38.6 Å². The average molecular weight is 394 g/mol. The van der Waals surface area contributed by atoms with E-state index < -0.39 is 10.0 Å². The molecule has 148 valence electrons. The number of hydrogen-bond acceptors (Lipinski definition) is 5. The van der Waals surface area contributed by atoms with Gasteiger partial charge in [0, 0.05) is 30.8 Å². The number of nitrogens with zero attached hydrogens (tertiary/aromatic N) is 1. The molecular weight excluding hydrogens is 366 g/mol.